The van der Waals surface area contributed by atoms with Crippen molar-refractivity contribution in [2.75, 3.05) is 64.8 Å². The standard InChI is InChI=1S/C28H30N6O4S.C23H22N4O3S2.C22H21N5O3S2.4H2/c29-28-27(26-14-23(34-38-26)18-3-5-20(6-4-18)25-17-37-13-12-31-25)33-24(16-32-28)19-7-9-21(10-8-19)39(35,36)22-2-1-11-30-15-22;1-15-23(22-11-20(27-30-22)17-8-10-31-14-17)26-21(13-25-15)16-4-6-18(7-5-16)32(28,29)19-3-2-9-24-12-19;1-14-21(20-11-18(27-30-20)22-24-9-10-31-22)26-19(13-25-14)15-4-6-16(7-5-15)32(28,29)17-3-2-8-23-12-17;;;;/h3-10,14,16,22,25,30-31H,1-2,11-13,15,17H2,(H2,29,32);4-8,10-11,13-14,19,24H,2-3,9,12H2,1H3;4-7,9-11,13,17,23H,2-3,8,12H2,1H3;4*1H. The highest BCUT2D eigenvalue weighted by Gasteiger charge is 2.32. The number of aryl methyl sites for hydroxylation is 2. The molecule has 4 aliphatic heterocycles. The second kappa shape index (κ2) is 31.2. The van der Waals surface area contributed by atoms with E-state index in [1.807, 2.05) is 54.3 Å². The van der Waals surface area contributed by atoms with Crippen LogP contribution in [0.1, 0.15) is 67.2 Å². The van der Waals surface area contributed by atoms with Crippen molar-refractivity contribution in [3.63, 3.8) is 0 Å². The zero-order chi connectivity index (χ0) is 71.1. The Bertz CT molecular complexity index is 5050. The number of nitrogens with one attached hydrogen (secondary N) is 4. The minimum atomic E-state index is -3.40. The van der Waals surface area contributed by atoms with Crippen LogP contribution in [0.4, 0.5) is 5.82 Å². The number of thiazole rings is 1. The average molecular weight is 1490 g/mol. The van der Waals surface area contributed by atoms with Gasteiger partial charge >= 0.3 is 0 Å². The minimum absolute atomic E-state index is 0. The fourth-order valence-electron chi connectivity index (χ4n) is 12.6. The van der Waals surface area contributed by atoms with Crippen molar-refractivity contribution in [1.82, 2.24) is 71.6 Å². The molecule has 0 saturated carbocycles. The molecule has 0 spiro atoms. The summed E-state index contributed by atoms with van der Waals surface area (Å²) in [5, 5.41) is 30.9. The van der Waals surface area contributed by atoms with Crippen LogP contribution in [-0.2, 0) is 34.2 Å². The van der Waals surface area contributed by atoms with Gasteiger partial charge in [0.15, 0.2) is 58.3 Å². The predicted octanol–water partition coefficient (Wildman–Crippen LogP) is 12.3. The molecule has 103 heavy (non-hydrogen) atoms. The summed E-state index contributed by atoms with van der Waals surface area (Å²) in [6, 6.07) is 36.2. The first-order valence-electron chi connectivity index (χ1n) is 33.7. The number of aromatic nitrogens is 10. The summed E-state index contributed by atoms with van der Waals surface area (Å²) in [5.41, 5.74) is 18.4. The van der Waals surface area contributed by atoms with E-state index in [2.05, 4.69) is 73.8 Å². The second-order valence-corrected chi connectivity index (χ2v) is 33.6. The van der Waals surface area contributed by atoms with E-state index in [1.54, 1.807) is 121 Å². The van der Waals surface area contributed by atoms with Crippen molar-refractivity contribution in [1.29, 1.82) is 0 Å². The number of anilines is 1. The maximum absolute atomic E-state index is 13.0. The van der Waals surface area contributed by atoms with E-state index < -0.39 is 34.8 Å². The Balaban J connectivity index is 0.000000169. The predicted molar refractivity (Wildman–Crippen MR) is 402 cm³/mol. The van der Waals surface area contributed by atoms with Gasteiger partial charge in [0.05, 0.1) is 96.8 Å². The summed E-state index contributed by atoms with van der Waals surface area (Å²) in [4.78, 5) is 32.6. The number of benzene rings is 4. The highest BCUT2D eigenvalue weighted by Crippen LogP contribution is 2.36. The number of thiophene rings is 1. The Labute approximate surface area is 609 Å². The Hall–Kier alpha value is -9.47. The lowest BCUT2D eigenvalue weighted by molar-refractivity contribution is 0.0769. The van der Waals surface area contributed by atoms with E-state index in [9.17, 15) is 25.3 Å². The zero-order valence-electron chi connectivity index (χ0n) is 56.2. The lowest BCUT2D eigenvalue weighted by atomic mass is 10.0. The van der Waals surface area contributed by atoms with Gasteiger partial charge in [-0.1, -0.05) is 76.1 Å². The van der Waals surface area contributed by atoms with Crippen molar-refractivity contribution < 1.29 is 49.3 Å². The molecule has 0 aliphatic carbocycles. The van der Waals surface area contributed by atoms with Crippen LogP contribution in [0.3, 0.4) is 0 Å². The van der Waals surface area contributed by atoms with Gasteiger partial charge in [-0.05, 0) is 125 Å². The average Bonchev–Trinajstić information content (AvgIpc) is 1.67. The van der Waals surface area contributed by atoms with Gasteiger partial charge in [0, 0.05) is 94.9 Å². The number of rotatable bonds is 16. The minimum Gasteiger partial charge on any atom is -0.382 e. The molecule has 0 bridgehead atoms. The summed E-state index contributed by atoms with van der Waals surface area (Å²) in [5.74, 6) is 1.66. The normalized spacial score (nSPS) is 18.1. The smallest absolute Gasteiger partial charge is 0.189 e. The fraction of sp³-hybridized carbons (Fsp3) is 0.288. The summed E-state index contributed by atoms with van der Waals surface area (Å²) in [6.45, 7) is 10.0. The van der Waals surface area contributed by atoms with E-state index >= 15 is 0 Å². The highest BCUT2D eigenvalue weighted by atomic mass is 32.2. The molecule has 8 aromatic heterocycles. The monoisotopic (exact) mass is 1490 g/mol. The summed E-state index contributed by atoms with van der Waals surface area (Å²) in [7, 11) is -10.1. The molecular weight excluding hydrogens is 1410 g/mol. The Morgan fingerprint density at radius 1 is 0.476 bits per heavy atom. The van der Waals surface area contributed by atoms with Crippen LogP contribution in [-0.4, -0.2) is 150 Å². The molecular formula is C73H81N15O10S5. The highest BCUT2D eigenvalue weighted by molar-refractivity contribution is 7.92. The molecule has 4 aliphatic rings. The number of hydrogen-bond acceptors (Lipinski definition) is 27. The SMILES string of the molecule is Cc1ncc(-c2ccc(S(=O)(=O)C3CCCNC3)cc2)nc1-c1cc(-c2ccsc2)no1.Cc1ncc(-c2ccc(S(=O)(=O)C3CCCNC3)cc2)nc1-c1cc(-c2nccs2)no1.Nc1ncc(-c2ccc(S(=O)(=O)C3CCCNC3)cc2)nc1-c1cc(-c2ccc(C3COCCN3)cc2)no1.[HH].[HH].[HH].[HH]. The lowest BCUT2D eigenvalue weighted by Gasteiger charge is -2.24. The summed E-state index contributed by atoms with van der Waals surface area (Å²) >= 11 is 3.08. The number of ether oxygens (including phenoxy) is 1. The van der Waals surface area contributed by atoms with E-state index in [1.165, 1.54) is 11.3 Å². The van der Waals surface area contributed by atoms with Crippen molar-refractivity contribution in [3.05, 3.63) is 179 Å². The molecule has 25 nitrogen and oxygen atoms in total. The van der Waals surface area contributed by atoms with E-state index in [0.29, 0.717) is 129 Å². The van der Waals surface area contributed by atoms with Crippen molar-refractivity contribution in [3.8, 4) is 101 Å². The van der Waals surface area contributed by atoms with Crippen LogP contribution in [0.2, 0.25) is 0 Å². The number of nitrogens with zero attached hydrogens (tertiary/aromatic N) is 10. The third-order valence-corrected chi connectivity index (χ3v) is 26.6. The zero-order valence-corrected chi connectivity index (χ0v) is 60.3. The van der Waals surface area contributed by atoms with Crippen LogP contribution in [0.25, 0.3) is 101 Å². The molecule has 30 heteroatoms. The quantitative estimate of drug-likeness (QED) is 0.0600. The Morgan fingerprint density at radius 2 is 0.903 bits per heavy atom. The van der Waals surface area contributed by atoms with Crippen LogP contribution >= 0.6 is 22.7 Å². The van der Waals surface area contributed by atoms with Crippen LogP contribution in [0.5, 0.6) is 0 Å². The van der Waals surface area contributed by atoms with Gasteiger partial charge in [0.25, 0.3) is 0 Å². The van der Waals surface area contributed by atoms with Crippen molar-refractivity contribution in [2.24, 2.45) is 0 Å². The molecule has 12 heterocycles. The van der Waals surface area contributed by atoms with Gasteiger partial charge in [-0.2, -0.15) is 11.3 Å². The maximum Gasteiger partial charge on any atom is 0.189 e. The van der Waals surface area contributed by atoms with Crippen molar-refractivity contribution >= 4 is 58.0 Å². The second-order valence-electron chi connectivity index (χ2n) is 25.3. The third kappa shape index (κ3) is 15.9. The summed E-state index contributed by atoms with van der Waals surface area (Å²) in [6.07, 6.45) is 11.3. The first kappa shape index (κ1) is 70.6. The molecule has 4 aromatic carbocycles. The summed E-state index contributed by atoms with van der Waals surface area (Å²) < 4.78 is 100.0. The maximum atomic E-state index is 13.0. The Kier molecular flexibility index (Phi) is 21.4. The van der Waals surface area contributed by atoms with Gasteiger partial charge in [-0.15, -0.1) is 11.3 Å². The Morgan fingerprint density at radius 3 is 1.33 bits per heavy atom. The first-order chi connectivity index (χ1) is 50.0. The largest absolute Gasteiger partial charge is 0.382 e. The molecule has 538 valence electrons. The number of hydrogen-bond donors (Lipinski definition) is 5. The molecule has 4 atom stereocenters. The molecule has 4 saturated heterocycles. The lowest BCUT2D eigenvalue weighted by Crippen LogP contribution is -2.38. The van der Waals surface area contributed by atoms with Crippen LogP contribution in [0, 0.1) is 13.8 Å². The van der Waals surface area contributed by atoms with Gasteiger partial charge in [0.1, 0.15) is 33.5 Å². The van der Waals surface area contributed by atoms with Crippen LogP contribution in [0.15, 0.2) is 191 Å². The van der Waals surface area contributed by atoms with Crippen molar-refractivity contribution in [2.45, 2.75) is 88.9 Å². The van der Waals surface area contributed by atoms with E-state index in [-0.39, 0.29) is 28.1 Å². The van der Waals surface area contributed by atoms with Gasteiger partial charge < -0.3 is 45.3 Å². The molecule has 4 unspecified atom stereocenters. The molecule has 0 radical (unpaired) electrons. The van der Waals surface area contributed by atoms with E-state index in [0.717, 1.165) is 102 Å². The first-order valence-corrected chi connectivity index (χ1v) is 40.2. The van der Waals surface area contributed by atoms with Crippen LogP contribution < -0.4 is 27.0 Å². The number of nitrogens with two attached hydrogens (primary N) is 1. The number of piperidine rings is 3. The molecule has 16 rings (SSSR count). The molecule has 12 aromatic rings. The van der Waals surface area contributed by atoms with E-state index in [4.69, 9.17) is 34.0 Å². The third-order valence-electron chi connectivity index (χ3n) is 18.4. The molecule has 0 amide bonds. The molecule has 4 fully saturated rings. The molecule has 6 N–H and O–H groups in total. The van der Waals surface area contributed by atoms with Gasteiger partial charge in [-0.3, -0.25) is 9.97 Å². The number of sulfone groups is 3. The fourth-order valence-corrected chi connectivity index (χ4v) is 19.0. The topological polar surface area (TPSA) is 354 Å². The number of morpholine rings is 1. The number of nitrogen functional groups attached to an aromatic ring is 1. The van der Waals surface area contributed by atoms with Gasteiger partial charge in [0.2, 0.25) is 0 Å². The van der Waals surface area contributed by atoms with Gasteiger partial charge in [-0.25, -0.2) is 50.2 Å².